The van der Waals surface area contributed by atoms with E-state index in [1.807, 2.05) is 5.32 Å². The summed E-state index contributed by atoms with van der Waals surface area (Å²) in [5, 5.41) is 13.1. The molecule has 0 unspecified atom stereocenters. The molecule has 0 aliphatic heterocycles. The summed E-state index contributed by atoms with van der Waals surface area (Å²) < 4.78 is 356. The van der Waals surface area contributed by atoms with Gasteiger partial charge in [-0.3, -0.25) is 9.69 Å². The molecule has 131 heavy (non-hydrogen) atoms. The third kappa shape index (κ3) is 31.3. The molecule has 6 aromatic heterocycles. The normalized spacial score (nSPS) is 16.1. The molecule has 15 rings (SSSR count). The van der Waals surface area contributed by atoms with E-state index < -0.39 is 158 Å². The summed E-state index contributed by atoms with van der Waals surface area (Å²) in [5.41, 5.74) is -2.28. The van der Waals surface area contributed by atoms with Gasteiger partial charge in [-0.25, -0.2) is 66.1 Å². The monoisotopic (exact) mass is 1960 g/mol. The maximum atomic E-state index is 13.7. The molecule has 0 saturated heterocycles. The van der Waals surface area contributed by atoms with Crippen molar-refractivity contribution >= 4 is 161 Å². The summed E-state index contributed by atoms with van der Waals surface area (Å²) in [7, 11) is -11.5. The number of aldehydes is 1. The number of halogens is 7. The van der Waals surface area contributed by atoms with Crippen LogP contribution in [0, 0.1) is 17.5 Å². The molecule has 37 heteroatoms. The second-order valence-corrected chi connectivity index (χ2v) is 29.7. The number of aromatic nitrogens is 6. The number of hydrogen-bond donors (Lipinski definition) is 5. The fraction of sp³-hybridized carbons (Fsp3) is 0.213. The Bertz CT molecular complexity index is 7980. The van der Waals surface area contributed by atoms with Gasteiger partial charge in [-0.15, -0.1) is 12.4 Å². The zero-order chi connectivity index (χ0) is 119. The van der Waals surface area contributed by atoms with Crippen LogP contribution in [0.3, 0.4) is 0 Å². The van der Waals surface area contributed by atoms with E-state index in [9.17, 15) is 31.2 Å². The highest BCUT2D eigenvalue weighted by atomic mass is 35.5. The average Bonchev–Trinajstić information content (AvgIpc) is 1.72. The Morgan fingerprint density at radius 2 is 0.954 bits per heavy atom. The number of carbonyl (C=O) groups is 2. The number of nitrogens with two attached hydrogens (primary N) is 1. The van der Waals surface area contributed by atoms with Gasteiger partial charge in [-0.2, -0.15) is 8.67 Å². The number of sulfone groups is 1. The van der Waals surface area contributed by atoms with Crippen LogP contribution in [0.25, 0.3) is 66.7 Å². The van der Waals surface area contributed by atoms with E-state index in [1.165, 1.54) is 149 Å². The number of amides is 1. The number of rotatable bonds is 35. The summed E-state index contributed by atoms with van der Waals surface area (Å²) in [6, 6.07) is 51.9. The predicted molar refractivity (Wildman–Crippen MR) is 512 cm³/mol. The maximum Gasteiger partial charge on any atom is 0.410 e. The largest absolute Gasteiger partial charge is 0.487 e. The molecule has 27 nitrogen and oxygen atoms in total. The van der Waals surface area contributed by atoms with Crippen LogP contribution in [-0.4, -0.2) is 118 Å². The molecule has 6 heterocycles. The van der Waals surface area contributed by atoms with E-state index in [1.54, 1.807) is 84.9 Å². The Hall–Kier alpha value is -12.1. The first-order valence-electron chi connectivity index (χ1n) is 52.3. The molecule has 0 bridgehead atoms. The van der Waals surface area contributed by atoms with Crippen LogP contribution in [0.4, 0.5) is 52.5 Å². The quantitative estimate of drug-likeness (QED) is 0.0107. The zero-order valence-corrected chi connectivity index (χ0v) is 71.8. The summed E-state index contributed by atoms with van der Waals surface area (Å²) in [4.78, 5) is 58.5. The lowest BCUT2D eigenvalue weighted by Crippen LogP contribution is -2.37. The Labute approximate surface area is 830 Å². The highest BCUT2D eigenvalue weighted by molar-refractivity contribution is 7.94. The predicted octanol–water partition coefficient (Wildman–Crippen LogP) is 23.8. The molecule has 0 fully saturated rings. The van der Waals surface area contributed by atoms with E-state index in [4.69, 9.17) is 111 Å². The number of ether oxygens (including phenoxy) is 4. The number of furan rings is 3. The topological polar surface area (TPSA) is 336 Å². The SMILES string of the molecule is C.C.Cl.[2H]C(=O)c1ccc(-c2ccc3ncnc(Nc4ccc(OC([2H])([2H])c5cccc(F)c5)c(Cl)c4)c3c2)o1.[2H]C([2H])(N)C([2H])([2H])S(=O)(=O)C([2H])([2H])[2H].[2H]C([2H])([2H])OOSC([2H])([2H])C([2H])([2H])N(C(=O)OC(C)(C)C)C([2H])([2H])c1ccc(-c2ccc3ncnc(Nc4ccc(OC([2H])([2H])c5cccc(F)c5)c(Cl)c4)c3c2)o1.[2H]C([2H])([2H])OOSC([2H])([2H])C([2H])([2H])NC([2H])([2H])c1ccc(-c2ccc3ncnc(Nc4ccc(OC([2H])([2H])c5cccc(F)c5)c(Cl)c4)c3c2)o1. The molecule has 0 spiro atoms. The average molecular weight is 1960 g/mol. The first-order chi connectivity index (χ1) is 73.8. The third-order valence-electron chi connectivity index (χ3n) is 16.2. The van der Waals surface area contributed by atoms with Crippen molar-refractivity contribution < 1.29 is 126 Å². The van der Waals surface area contributed by atoms with Gasteiger partial charge in [-0.05, 0) is 219 Å². The van der Waals surface area contributed by atoms with Crippen molar-refractivity contribution in [2.45, 2.75) is 73.9 Å². The molecule has 688 valence electrons. The number of anilines is 6. The lowest BCUT2D eigenvalue weighted by atomic mass is 10.1. The van der Waals surface area contributed by atoms with Crippen LogP contribution in [0.5, 0.6) is 17.2 Å². The first kappa shape index (κ1) is 65.5. The minimum absolute atomic E-state index is 0. The van der Waals surface area contributed by atoms with Crippen molar-refractivity contribution in [1.29, 1.82) is 0 Å². The molecule has 15 aromatic rings. The van der Waals surface area contributed by atoms with Crippen molar-refractivity contribution in [3.8, 4) is 51.2 Å². The maximum absolute atomic E-state index is 13.7. The molecule has 0 aliphatic rings. The van der Waals surface area contributed by atoms with Crippen LogP contribution in [0.1, 0.15) is 118 Å². The van der Waals surface area contributed by atoms with Crippen LogP contribution >= 0.6 is 71.3 Å². The van der Waals surface area contributed by atoms with Crippen LogP contribution in [-0.2, 0) is 65.7 Å². The summed E-state index contributed by atoms with van der Waals surface area (Å²) in [5.74, 6) is -1.16. The molecule has 0 saturated carbocycles. The molecule has 0 aliphatic carbocycles. The number of fused-ring (bicyclic) bond motifs is 3. The molecule has 0 atom stereocenters. The number of benzene rings is 9. The van der Waals surface area contributed by atoms with E-state index in [0.29, 0.717) is 83.9 Å². The van der Waals surface area contributed by atoms with Crippen LogP contribution in [0.2, 0.25) is 15.1 Å². The fourth-order valence-corrected chi connectivity index (χ4v) is 12.0. The van der Waals surface area contributed by atoms with Gasteiger partial charge < -0.3 is 59.2 Å². The minimum Gasteiger partial charge on any atom is -0.487 e. The highest BCUT2D eigenvalue weighted by Crippen LogP contribution is 2.38. The van der Waals surface area contributed by atoms with Gasteiger partial charge in [0, 0.05) is 129 Å². The van der Waals surface area contributed by atoms with E-state index >= 15 is 0 Å². The van der Waals surface area contributed by atoms with Gasteiger partial charge in [0.25, 0.3) is 0 Å². The van der Waals surface area contributed by atoms with Crippen molar-refractivity contribution in [3.05, 3.63) is 304 Å². The number of nitrogens with one attached hydrogen (secondary N) is 4. The standard InChI is InChI=1S/C34H34ClFN4O6S.C29H26ClFN4O4S.C26H17ClFN3O3.C3H9NO2S.2CH4.ClH/c1-34(2,3)45-33(41)40(14-15-47-46-42-4)19-26-10-13-30(44-26)23-8-11-29-27(17-23)32(38-21-37-29)39-25-9-12-31(28(35)18-25)43-20-22-6-5-7-24(36)16-22;1-36-39-40-12-11-32-16-23-7-10-27(38-23)20-5-8-26-24(14-20)29(34-18-33-26)35-22-6-9-28(25(30)15-22)37-17-19-3-2-4-21(31)13-19;27-22-12-19(5-8-25(22)33-14-16-2-1-3-18(28)10-16)31-26-21-11-17(4-7-23(21)29-15-30-26)24-9-6-20(13-32)34-24;1-7(5,6)3-2-4;;;/h5-13,16-18,21H,14-15,19-20H2,1-4H3,(H,37,38,39);2-10,13-15,18,32H,11-12,16-17H2,1H3,(H,33,34,35);1-13,15H,14H2,(H,29,30,31);2-4H2,1H3;2*1H4;1H/i4D3,14D2,15D2,19D2,20D2;1D3,11D2,12D2,16D2,17D2;13D,14D2;1D3,2D2,3D2;;;. The van der Waals surface area contributed by atoms with Gasteiger partial charge >= 0.3 is 6.09 Å². The summed E-state index contributed by atoms with van der Waals surface area (Å²) in [6.45, 7) is -18.9. The Morgan fingerprint density at radius 1 is 0.542 bits per heavy atom. The van der Waals surface area contributed by atoms with Crippen molar-refractivity contribution in [3.63, 3.8) is 0 Å². The molecule has 0 radical (unpaired) electrons. The number of carbonyl (C=O) groups excluding carboxylic acids is 2. The third-order valence-corrected chi connectivity index (χ3v) is 18.1. The fourth-order valence-electron chi connectivity index (χ4n) is 10.9. The molecular weight excluding hydrogens is 1830 g/mol. The van der Waals surface area contributed by atoms with Gasteiger partial charge in [0.15, 0.2) is 12.0 Å². The highest BCUT2D eigenvalue weighted by Gasteiger charge is 2.25. The van der Waals surface area contributed by atoms with Gasteiger partial charge in [0.1, 0.15) is 136 Å². The van der Waals surface area contributed by atoms with Crippen LogP contribution < -0.4 is 41.2 Å². The number of nitrogens with zero attached hydrogens (tertiary/aromatic N) is 7. The molecule has 6 N–H and O–H groups in total. The Morgan fingerprint density at radius 3 is 1.34 bits per heavy atom. The summed E-state index contributed by atoms with van der Waals surface area (Å²) >= 11 is 18.5. The second kappa shape index (κ2) is 50.4. The summed E-state index contributed by atoms with van der Waals surface area (Å²) in [6.07, 6.45) is -2.14. The van der Waals surface area contributed by atoms with E-state index in [-0.39, 0.29) is 116 Å². The van der Waals surface area contributed by atoms with Crippen molar-refractivity contribution in [2.24, 2.45) is 5.73 Å². The van der Waals surface area contributed by atoms with Gasteiger partial charge in [0.05, 0.1) is 89.1 Å². The molecular formula is C94H95Cl4F3N12O15S3. The molecule has 9 aromatic carbocycles. The molecule has 1 amide bonds. The Balaban J connectivity index is 0.000000256. The second-order valence-electron chi connectivity index (χ2n) is 26.2. The van der Waals surface area contributed by atoms with Crippen LogP contribution in [0.15, 0.2) is 251 Å². The first-order valence-corrected chi connectivity index (χ1v) is 40.4. The van der Waals surface area contributed by atoms with Gasteiger partial charge in [0.2, 0.25) is 0 Å². The lowest BCUT2D eigenvalue weighted by molar-refractivity contribution is -0.160. The van der Waals surface area contributed by atoms with E-state index in [2.05, 4.69) is 70.0 Å². The van der Waals surface area contributed by atoms with Crippen molar-refractivity contribution in [1.82, 2.24) is 40.1 Å². The smallest absolute Gasteiger partial charge is 0.410 e. The lowest BCUT2D eigenvalue weighted by Gasteiger charge is -2.26. The van der Waals surface area contributed by atoms with E-state index in [0.717, 1.165) is 24.3 Å². The van der Waals surface area contributed by atoms with Crippen molar-refractivity contribution in [2.75, 3.05) is 72.8 Å². The van der Waals surface area contributed by atoms with Gasteiger partial charge in [-0.1, -0.05) is 86.1 Å². The zero-order valence-electron chi connectivity index (χ0n) is 98.2. The minimum atomic E-state index is -5.30. The number of hydrogen-bond acceptors (Lipinski definition) is 28. The Kier molecular flexibility index (Phi) is 25.2.